The van der Waals surface area contributed by atoms with Crippen LogP contribution in [-0.4, -0.2) is 25.5 Å². The molecule has 18 heavy (non-hydrogen) atoms. The molecular formula is C13H12BrNO3. The molecule has 0 N–H and O–H groups in total. The molecule has 1 fully saturated rings. The number of carbonyl (C=O) groups is 2. The molecule has 4 nitrogen and oxygen atoms in total. The fraction of sp³-hybridized carbons (Fsp3) is 0.385. The zero-order valence-corrected chi connectivity index (χ0v) is 11.5. The third kappa shape index (κ3) is 1.37. The van der Waals surface area contributed by atoms with Crippen LogP contribution in [0.1, 0.15) is 18.4 Å². The Balaban J connectivity index is 2.16. The van der Waals surface area contributed by atoms with Crippen molar-refractivity contribution in [1.82, 2.24) is 0 Å². The number of anilines is 1. The molecule has 0 bridgehead atoms. The monoisotopic (exact) mass is 309 g/mol. The maximum atomic E-state index is 12.5. The van der Waals surface area contributed by atoms with E-state index in [1.54, 1.807) is 11.9 Å². The Bertz CT molecular complexity index is 545. The number of nitrogens with zero attached hydrogens (tertiary/aromatic N) is 1. The number of para-hydroxylation sites is 1. The lowest BCUT2D eigenvalue weighted by Crippen LogP contribution is -2.45. The van der Waals surface area contributed by atoms with Crippen molar-refractivity contribution >= 4 is 33.5 Å². The number of amides is 1. The standard InChI is InChI=1S/C13H12BrNO3/c1-15-11-8(3-2-4-9(11)14)13(12(15)17)6-5-10(16)18-7-13/h2-4H,5-7H2,1H3. The van der Waals surface area contributed by atoms with E-state index in [1.807, 2.05) is 18.2 Å². The van der Waals surface area contributed by atoms with E-state index in [-0.39, 0.29) is 18.5 Å². The number of fused-ring (bicyclic) bond motifs is 2. The molecule has 1 amide bonds. The zero-order chi connectivity index (χ0) is 12.9. The quantitative estimate of drug-likeness (QED) is 0.689. The third-order valence-electron chi connectivity index (χ3n) is 3.79. The summed E-state index contributed by atoms with van der Waals surface area (Å²) in [6, 6.07) is 5.77. The van der Waals surface area contributed by atoms with Crippen LogP contribution in [0.2, 0.25) is 0 Å². The van der Waals surface area contributed by atoms with Crippen LogP contribution in [0.3, 0.4) is 0 Å². The van der Waals surface area contributed by atoms with Gasteiger partial charge in [-0.1, -0.05) is 12.1 Å². The van der Waals surface area contributed by atoms with E-state index >= 15 is 0 Å². The molecule has 1 saturated heterocycles. The summed E-state index contributed by atoms with van der Waals surface area (Å²) in [5, 5.41) is 0. The highest BCUT2D eigenvalue weighted by Gasteiger charge is 2.52. The highest BCUT2D eigenvalue weighted by atomic mass is 79.9. The van der Waals surface area contributed by atoms with Gasteiger partial charge in [0.05, 0.1) is 5.69 Å². The average molecular weight is 310 g/mol. The van der Waals surface area contributed by atoms with E-state index in [2.05, 4.69) is 15.9 Å². The van der Waals surface area contributed by atoms with Crippen LogP contribution in [0.25, 0.3) is 0 Å². The number of cyclic esters (lactones) is 1. The van der Waals surface area contributed by atoms with E-state index in [0.29, 0.717) is 12.8 Å². The molecule has 1 spiro atoms. The lowest BCUT2D eigenvalue weighted by atomic mass is 9.77. The Morgan fingerprint density at radius 2 is 2.17 bits per heavy atom. The molecule has 5 heteroatoms. The van der Waals surface area contributed by atoms with E-state index < -0.39 is 5.41 Å². The van der Waals surface area contributed by atoms with Crippen molar-refractivity contribution in [2.45, 2.75) is 18.3 Å². The molecule has 0 aliphatic carbocycles. The van der Waals surface area contributed by atoms with Gasteiger partial charge in [0.1, 0.15) is 12.0 Å². The number of carbonyl (C=O) groups excluding carboxylic acids is 2. The van der Waals surface area contributed by atoms with Crippen molar-refractivity contribution < 1.29 is 14.3 Å². The van der Waals surface area contributed by atoms with Crippen molar-refractivity contribution in [2.24, 2.45) is 0 Å². The Labute approximate surface area is 113 Å². The van der Waals surface area contributed by atoms with Crippen molar-refractivity contribution in [3.8, 4) is 0 Å². The SMILES string of the molecule is CN1C(=O)C2(CCC(=O)OC2)c2cccc(Br)c21. The van der Waals surface area contributed by atoms with Crippen LogP contribution in [0.4, 0.5) is 5.69 Å². The lowest BCUT2D eigenvalue weighted by Gasteiger charge is -2.31. The Morgan fingerprint density at radius 3 is 2.83 bits per heavy atom. The van der Waals surface area contributed by atoms with E-state index in [9.17, 15) is 9.59 Å². The van der Waals surface area contributed by atoms with Gasteiger partial charge in [-0.15, -0.1) is 0 Å². The first kappa shape index (κ1) is 11.7. The van der Waals surface area contributed by atoms with Crippen molar-refractivity contribution in [2.75, 3.05) is 18.6 Å². The largest absolute Gasteiger partial charge is 0.464 e. The number of hydrogen-bond acceptors (Lipinski definition) is 3. The van der Waals surface area contributed by atoms with Crippen molar-refractivity contribution in [3.63, 3.8) is 0 Å². The van der Waals surface area contributed by atoms with Gasteiger partial charge in [-0.25, -0.2) is 0 Å². The summed E-state index contributed by atoms with van der Waals surface area (Å²) >= 11 is 3.48. The van der Waals surface area contributed by atoms with Gasteiger partial charge in [0.2, 0.25) is 5.91 Å². The van der Waals surface area contributed by atoms with E-state index in [4.69, 9.17) is 4.74 Å². The second-order valence-electron chi connectivity index (χ2n) is 4.74. The fourth-order valence-electron chi connectivity index (χ4n) is 2.82. The Morgan fingerprint density at radius 1 is 1.39 bits per heavy atom. The number of ether oxygens (including phenoxy) is 1. The molecule has 1 aromatic rings. The third-order valence-corrected chi connectivity index (χ3v) is 4.43. The zero-order valence-electron chi connectivity index (χ0n) is 9.90. The van der Waals surface area contributed by atoms with Crippen LogP contribution >= 0.6 is 15.9 Å². The normalized spacial score (nSPS) is 26.4. The number of halogens is 1. The van der Waals surface area contributed by atoms with E-state index in [0.717, 1.165) is 15.7 Å². The van der Waals surface area contributed by atoms with Gasteiger partial charge in [-0.3, -0.25) is 9.59 Å². The van der Waals surface area contributed by atoms with Crippen LogP contribution in [-0.2, 0) is 19.7 Å². The fourth-order valence-corrected chi connectivity index (χ4v) is 3.46. The summed E-state index contributed by atoms with van der Waals surface area (Å²) < 4.78 is 6.02. The molecule has 3 rings (SSSR count). The summed E-state index contributed by atoms with van der Waals surface area (Å²) in [7, 11) is 1.76. The van der Waals surface area contributed by atoms with Gasteiger partial charge in [0.15, 0.2) is 0 Å². The molecule has 0 aromatic heterocycles. The molecule has 1 atom stereocenters. The van der Waals surface area contributed by atoms with Gasteiger partial charge in [-0.05, 0) is 34.0 Å². The summed E-state index contributed by atoms with van der Waals surface area (Å²) in [5.74, 6) is -0.212. The molecule has 0 saturated carbocycles. The lowest BCUT2D eigenvalue weighted by molar-refractivity contribution is -0.152. The minimum absolute atomic E-state index is 0.0110. The molecule has 2 heterocycles. The van der Waals surface area contributed by atoms with Gasteiger partial charge in [-0.2, -0.15) is 0 Å². The number of esters is 1. The Hall–Kier alpha value is -1.36. The molecule has 2 aliphatic heterocycles. The summed E-state index contributed by atoms with van der Waals surface area (Å²) in [6.45, 7) is 0.151. The topological polar surface area (TPSA) is 46.6 Å². The average Bonchev–Trinajstić information content (AvgIpc) is 2.57. The highest BCUT2D eigenvalue weighted by Crippen LogP contribution is 2.48. The van der Waals surface area contributed by atoms with Crippen LogP contribution in [0.5, 0.6) is 0 Å². The van der Waals surface area contributed by atoms with Gasteiger partial charge in [0.25, 0.3) is 0 Å². The van der Waals surface area contributed by atoms with Crippen molar-refractivity contribution in [3.05, 3.63) is 28.2 Å². The highest BCUT2D eigenvalue weighted by molar-refractivity contribution is 9.10. The second kappa shape index (κ2) is 3.82. The maximum absolute atomic E-state index is 12.5. The maximum Gasteiger partial charge on any atom is 0.305 e. The molecule has 94 valence electrons. The van der Waals surface area contributed by atoms with E-state index in [1.165, 1.54) is 0 Å². The first-order valence-corrected chi connectivity index (χ1v) is 6.58. The number of rotatable bonds is 0. The molecule has 0 radical (unpaired) electrons. The van der Waals surface area contributed by atoms with Gasteiger partial charge >= 0.3 is 5.97 Å². The number of benzene rings is 1. The minimum atomic E-state index is -0.679. The number of likely N-dealkylation sites (N-methyl/N-ethyl adjacent to an activating group) is 1. The van der Waals surface area contributed by atoms with Gasteiger partial charge in [0, 0.05) is 17.9 Å². The van der Waals surface area contributed by atoms with Crippen LogP contribution in [0, 0.1) is 0 Å². The summed E-state index contributed by atoms with van der Waals surface area (Å²) in [5.41, 5.74) is 1.17. The molecule has 1 aromatic carbocycles. The first-order valence-electron chi connectivity index (χ1n) is 5.79. The molecule has 1 unspecified atom stereocenters. The predicted octanol–water partition coefficient (Wildman–Crippen LogP) is 2.00. The summed E-state index contributed by atoms with van der Waals surface area (Å²) in [4.78, 5) is 25.4. The second-order valence-corrected chi connectivity index (χ2v) is 5.60. The number of hydrogen-bond donors (Lipinski definition) is 0. The van der Waals surface area contributed by atoms with Crippen LogP contribution in [0.15, 0.2) is 22.7 Å². The predicted molar refractivity (Wildman–Crippen MR) is 69.4 cm³/mol. The first-order chi connectivity index (χ1) is 8.56. The summed E-state index contributed by atoms with van der Waals surface area (Å²) in [6.07, 6.45) is 0.823. The smallest absolute Gasteiger partial charge is 0.305 e. The minimum Gasteiger partial charge on any atom is -0.464 e. The molecule has 2 aliphatic rings. The van der Waals surface area contributed by atoms with Gasteiger partial charge < -0.3 is 9.64 Å². The van der Waals surface area contributed by atoms with Crippen molar-refractivity contribution in [1.29, 1.82) is 0 Å². The Kier molecular flexibility index (Phi) is 2.48. The molecular weight excluding hydrogens is 298 g/mol. The van der Waals surface area contributed by atoms with Crippen LogP contribution < -0.4 is 4.90 Å².